The van der Waals surface area contributed by atoms with E-state index in [1.807, 2.05) is 12.1 Å². The van der Waals surface area contributed by atoms with Gasteiger partial charge in [-0.1, -0.05) is 121 Å². The predicted octanol–water partition coefficient (Wildman–Crippen LogP) is 13.7. The first kappa shape index (κ1) is 32.6. The fraction of sp³-hybridized carbons (Fsp3) is 0. The van der Waals surface area contributed by atoms with Crippen molar-refractivity contribution < 1.29 is 4.39 Å². The summed E-state index contributed by atoms with van der Waals surface area (Å²) in [5, 5.41) is 4.62. The molecule has 260 valence electrons. The van der Waals surface area contributed by atoms with Crippen molar-refractivity contribution in [2.45, 2.75) is 0 Å². The molecule has 8 aromatic carbocycles. The molecular weight excluding hydrogens is 696 g/mol. The van der Waals surface area contributed by atoms with Crippen LogP contribution in [0, 0.1) is 5.82 Å². The maximum atomic E-state index is 14.1. The third-order valence-corrected chi connectivity index (χ3v) is 11.1. The summed E-state index contributed by atoms with van der Waals surface area (Å²) in [6, 6.07) is 63.4. The van der Waals surface area contributed by atoms with Gasteiger partial charge in [-0.25, -0.2) is 19.3 Å². The lowest BCUT2D eigenvalue weighted by molar-refractivity contribution is 0.628. The van der Waals surface area contributed by atoms with Crippen LogP contribution in [0.25, 0.3) is 76.2 Å². The van der Waals surface area contributed by atoms with Gasteiger partial charge in [0.25, 0.3) is 0 Å². The van der Waals surface area contributed by atoms with Crippen molar-refractivity contribution in [1.82, 2.24) is 15.0 Å². The van der Waals surface area contributed by atoms with E-state index in [1.165, 1.54) is 28.5 Å². The van der Waals surface area contributed by atoms with Crippen molar-refractivity contribution in [1.29, 1.82) is 0 Å². The van der Waals surface area contributed by atoms with Gasteiger partial charge in [-0.05, 0) is 88.6 Å². The van der Waals surface area contributed by atoms with E-state index in [2.05, 4.69) is 157 Å². The number of para-hydroxylation sites is 2. The number of hydrogen-bond acceptors (Lipinski definition) is 5. The molecule has 10 rings (SSSR count). The van der Waals surface area contributed by atoms with Gasteiger partial charge in [0.05, 0.1) is 0 Å². The van der Waals surface area contributed by atoms with Crippen LogP contribution in [0.15, 0.2) is 188 Å². The van der Waals surface area contributed by atoms with Crippen LogP contribution < -0.4 is 4.90 Å². The highest BCUT2D eigenvalue weighted by Gasteiger charge is 2.19. The van der Waals surface area contributed by atoms with Gasteiger partial charge in [0.2, 0.25) is 0 Å². The van der Waals surface area contributed by atoms with Crippen molar-refractivity contribution in [3.8, 4) is 45.3 Å². The largest absolute Gasteiger partial charge is 0.310 e. The first-order valence-corrected chi connectivity index (χ1v) is 18.9. The van der Waals surface area contributed by atoms with E-state index < -0.39 is 0 Å². The Hall–Kier alpha value is -7.02. The molecule has 0 aliphatic heterocycles. The molecule has 55 heavy (non-hydrogen) atoms. The lowest BCUT2D eigenvalue weighted by Gasteiger charge is -2.25. The molecular formula is C49H31FN4S. The quantitative estimate of drug-likeness (QED) is 0.164. The Morgan fingerprint density at radius 1 is 0.400 bits per heavy atom. The highest BCUT2D eigenvalue weighted by atomic mass is 32.1. The van der Waals surface area contributed by atoms with E-state index in [1.54, 1.807) is 23.5 Å². The molecule has 0 saturated carbocycles. The Morgan fingerprint density at radius 3 is 1.67 bits per heavy atom. The summed E-state index contributed by atoms with van der Waals surface area (Å²) >= 11 is 1.76. The first-order valence-electron chi connectivity index (χ1n) is 18.1. The minimum Gasteiger partial charge on any atom is -0.310 e. The molecule has 2 aromatic heterocycles. The highest BCUT2D eigenvalue weighted by molar-refractivity contribution is 7.26. The Balaban J connectivity index is 1.11. The van der Waals surface area contributed by atoms with Crippen LogP contribution in [0.4, 0.5) is 21.5 Å². The third kappa shape index (κ3) is 6.09. The van der Waals surface area contributed by atoms with E-state index in [4.69, 9.17) is 15.0 Å². The van der Waals surface area contributed by atoms with E-state index in [9.17, 15) is 4.39 Å². The normalized spacial score (nSPS) is 11.4. The summed E-state index contributed by atoms with van der Waals surface area (Å²) in [4.78, 5) is 17.4. The van der Waals surface area contributed by atoms with Gasteiger partial charge in [0.15, 0.2) is 17.5 Å². The number of aromatic nitrogens is 3. The molecule has 0 spiro atoms. The third-order valence-electron chi connectivity index (χ3n) is 9.99. The average Bonchev–Trinajstić information content (AvgIpc) is 3.63. The summed E-state index contributed by atoms with van der Waals surface area (Å²) in [6.07, 6.45) is 0. The monoisotopic (exact) mass is 726 g/mol. The molecule has 4 nitrogen and oxygen atoms in total. The number of nitrogens with zero attached hydrogens (tertiary/aromatic N) is 4. The minimum atomic E-state index is -0.311. The molecule has 0 saturated heterocycles. The van der Waals surface area contributed by atoms with Crippen molar-refractivity contribution in [3.05, 3.63) is 194 Å². The van der Waals surface area contributed by atoms with Crippen LogP contribution in [0.5, 0.6) is 0 Å². The molecule has 10 aromatic rings. The van der Waals surface area contributed by atoms with E-state index in [-0.39, 0.29) is 5.82 Å². The van der Waals surface area contributed by atoms with Crippen molar-refractivity contribution in [2.24, 2.45) is 0 Å². The number of anilines is 3. The number of fused-ring (bicyclic) bond motifs is 4. The Morgan fingerprint density at radius 2 is 0.964 bits per heavy atom. The maximum absolute atomic E-state index is 14.1. The zero-order chi connectivity index (χ0) is 36.7. The van der Waals surface area contributed by atoms with E-state index in [0.29, 0.717) is 23.0 Å². The molecule has 0 atom stereocenters. The standard InChI is InChI=1S/C49H31FN4S/c50-36-27-25-35(26-28-36)48-51-47(34-23-21-33(22-24-34)41-18-9-12-32-11-7-8-17-40(32)41)52-49(53-48)43-19-10-20-44-46(43)42-30-29-39(31-45(42)55-44)54(37-13-3-1-4-14-37)38-15-5-2-6-16-38/h1-31H. The SMILES string of the molecule is Fc1ccc(-c2nc(-c3ccc(-c4cccc5ccccc45)cc3)nc(-c3cccc4sc5cc(N(c6ccccc6)c6ccccc6)ccc5c34)n2)cc1. The summed E-state index contributed by atoms with van der Waals surface area (Å²) in [5.74, 6) is 1.29. The van der Waals surface area contributed by atoms with Gasteiger partial charge in [0.1, 0.15) is 5.82 Å². The fourth-order valence-corrected chi connectivity index (χ4v) is 8.54. The van der Waals surface area contributed by atoms with Gasteiger partial charge in [-0.15, -0.1) is 11.3 Å². The smallest absolute Gasteiger partial charge is 0.164 e. The van der Waals surface area contributed by atoms with E-state index in [0.717, 1.165) is 53.9 Å². The molecule has 0 aliphatic carbocycles. The second-order valence-corrected chi connectivity index (χ2v) is 14.5. The van der Waals surface area contributed by atoms with Crippen LogP contribution in [0.2, 0.25) is 0 Å². The van der Waals surface area contributed by atoms with Gasteiger partial charge < -0.3 is 4.90 Å². The zero-order valence-electron chi connectivity index (χ0n) is 29.5. The van der Waals surface area contributed by atoms with E-state index >= 15 is 0 Å². The van der Waals surface area contributed by atoms with Gasteiger partial charge in [-0.2, -0.15) is 0 Å². The summed E-state index contributed by atoms with van der Waals surface area (Å²) < 4.78 is 16.4. The molecule has 0 amide bonds. The molecule has 0 fully saturated rings. The highest BCUT2D eigenvalue weighted by Crippen LogP contribution is 2.43. The van der Waals surface area contributed by atoms with Crippen molar-refractivity contribution >= 4 is 59.3 Å². The molecule has 0 unspecified atom stereocenters. The van der Waals surface area contributed by atoms with Gasteiger partial charge >= 0.3 is 0 Å². The fourth-order valence-electron chi connectivity index (χ4n) is 7.37. The molecule has 0 bridgehead atoms. The number of halogens is 1. The van der Waals surface area contributed by atoms with Crippen LogP contribution >= 0.6 is 11.3 Å². The number of benzene rings is 8. The summed E-state index contributed by atoms with van der Waals surface area (Å²) in [5.41, 5.74) is 8.03. The molecule has 0 radical (unpaired) electrons. The number of thiophene rings is 1. The molecule has 6 heteroatoms. The molecule has 2 heterocycles. The molecule has 0 aliphatic rings. The predicted molar refractivity (Wildman–Crippen MR) is 227 cm³/mol. The van der Waals surface area contributed by atoms with Crippen LogP contribution in [-0.2, 0) is 0 Å². The summed E-state index contributed by atoms with van der Waals surface area (Å²) in [7, 11) is 0. The van der Waals surface area contributed by atoms with Crippen molar-refractivity contribution in [3.63, 3.8) is 0 Å². The van der Waals surface area contributed by atoms with Gasteiger partial charge in [-0.3, -0.25) is 0 Å². The van der Waals surface area contributed by atoms with Crippen LogP contribution in [0.3, 0.4) is 0 Å². The van der Waals surface area contributed by atoms with Gasteiger partial charge in [0, 0.05) is 53.9 Å². The lowest BCUT2D eigenvalue weighted by atomic mass is 9.97. The second-order valence-electron chi connectivity index (χ2n) is 13.4. The molecule has 0 N–H and O–H groups in total. The topological polar surface area (TPSA) is 41.9 Å². The lowest BCUT2D eigenvalue weighted by Crippen LogP contribution is -2.09. The zero-order valence-corrected chi connectivity index (χ0v) is 30.3. The first-order chi connectivity index (χ1) is 27.2. The average molecular weight is 727 g/mol. The Bertz CT molecular complexity index is 2940. The van der Waals surface area contributed by atoms with Crippen LogP contribution in [-0.4, -0.2) is 15.0 Å². The minimum absolute atomic E-state index is 0.311. The Kier molecular flexibility index (Phi) is 8.16. The van der Waals surface area contributed by atoms with Crippen LogP contribution in [0.1, 0.15) is 0 Å². The second kappa shape index (κ2) is 13.8. The summed E-state index contributed by atoms with van der Waals surface area (Å²) in [6.45, 7) is 0. The number of hydrogen-bond donors (Lipinski definition) is 0. The number of rotatable bonds is 7. The maximum Gasteiger partial charge on any atom is 0.164 e. The van der Waals surface area contributed by atoms with Crippen molar-refractivity contribution in [2.75, 3.05) is 4.90 Å². The Labute approximate surface area is 321 Å².